The molecule has 0 radical (unpaired) electrons. The number of nitrogens with one attached hydrogen (secondary N) is 1. The van der Waals surface area contributed by atoms with Gasteiger partial charge >= 0.3 is 5.69 Å². The fourth-order valence-electron chi connectivity index (χ4n) is 5.23. The summed E-state index contributed by atoms with van der Waals surface area (Å²) < 4.78 is 5.47. The molecule has 1 aromatic carbocycles. The van der Waals surface area contributed by atoms with Crippen LogP contribution in [0, 0.1) is 13.8 Å². The van der Waals surface area contributed by atoms with Crippen molar-refractivity contribution in [1.29, 1.82) is 0 Å². The molecule has 1 aliphatic rings. The summed E-state index contributed by atoms with van der Waals surface area (Å²) in [5.41, 5.74) is 6.90. The van der Waals surface area contributed by atoms with Gasteiger partial charge in [-0.05, 0) is 68.1 Å². The summed E-state index contributed by atoms with van der Waals surface area (Å²) in [6, 6.07) is 6.44. The van der Waals surface area contributed by atoms with E-state index in [0.29, 0.717) is 6.54 Å². The highest BCUT2D eigenvalue weighted by atomic mass is 16.1. The minimum Gasteiger partial charge on any atom is -0.306 e. The lowest BCUT2D eigenvalue weighted by molar-refractivity contribution is 0.167. The molecule has 5 aromatic rings. The van der Waals surface area contributed by atoms with Gasteiger partial charge in [0.05, 0.1) is 23.6 Å². The highest BCUT2D eigenvalue weighted by molar-refractivity contribution is 5.84. The summed E-state index contributed by atoms with van der Waals surface area (Å²) in [6.07, 6.45) is 7.29. The Balaban J connectivity index is 1.35. The first-order valence-electron chi connectivity index (χ1n) is 11.6. The molecule has 1 saturated heterocycles. The van der Waals surface area contributed by atoms with Crippen LogP contribution < -0.4 is 5.69 Å². The molecule has 0 saturated carbocycles. The summed E-state index contributed by atoms with van der Waals surface area (Å²) >= 11 is 0. The first-order chi connectivity index (χ1) is 16.5. The number of likely N-dealkylation sites (tertiary alicyclic amines) is 1. The Morgan fingerprint density at radius 2 is 2.03 bits per heavy atom. The third-order valence-electron chi connectivity index (χ3n) is 6.79. The average Bonchev–Trinajstić information content (AvgIpc) is 3.51. The molecule has 0 aliphatic carbocycles. The van der Waals surface area contributed by atoms with Crippen molar-refractivity contribution in [1.82, 2.24) is 43.8 Å². The minimum atomic E-state index is -0.0581. The van der Waals surface area contributed by atoms with Gasteiger partial charge in [0.1, 0.15) is 12.7 Å². The quantitative estimate of drug-likeness (QED) is 0.445. The van der Waals surface area contributed by atoms with Gasteiger partial charge in [0.25, 0.3) is 0 Å². The van der Waals surface area contributed by atoms with Crippen molar-refractivity contribution in [3.05, 3.63) is 64.5 Å². The molecule has 0 bridgehead atoms. The van der Waals surface area contributed by atoms with E-state index in [0.717, 1.165) is 70.7 Å². The molecule has 0 spiro atoms. The van der Waals surface area contributed by atoms with Gasteiger partial charge < -0.3 is 4.98 Å². The van der Waals surface area contributed by atoms with Crippen molar-refractivity contribution in [2.45, 2.75) is 39.3 Å². The number of aromatic amines is 1. The number of fused-ring (bicyclic) bond motifs is 2. The third-order valence-corrected chi connectivity index (χ3v) is 6.79. The van der Waals surface area contributed by atoms with Gasteiger partial charge in [0.2, 0.25) is 0 Å². The number of rotatable bonds is 4. The van der Waals surface area contributed by atoms with E-state index in [4.69, 9.17) is 0 Å². The van der Waals surface area contributed by atoms with Gasteiger partial charge in [-0.15, -0.1) is 0 Å². The third kappa shape index (κ3) is 3.50. The number of nitrogens with zero attached hydrogens (tertiary/aromatic N) is 8. The molecular formula is C24H27N9O. The van der Waals surface area contributed by atoms with Crippen LogP contribution in [0.25, 0.3) is 27.8 Å². The molecule has 1 N–H and O–H groups in total. The Labute approximate surface area is 195 Å². The Kier molecular flexibility index (Phi) is 4.84. The van der Waals surface area contributed by atoms with E-state index in [1.807, 2.05) is 24.7 Å². The number of H-pyrrole nitrogens is 1. The summed E-state index contributed by atoms with van der Waals surface area (Å²) in [7, 11) is 1.88. The van der Waals surface area contributed by atoms with E-state index in [-0.39, 0.29) is 11.7 Å². The Morgan fingerprint density at radius 3 is 2.85 bits per heavy atom. The normalized spacial score (nSPS) is 17.2. The van der Waals surface area contributed by atoms with Crippen molar-refractivity contribution in [2.24, 2.45) is 7.05 Å². The molecule has 174 valence electrons. The lowest BCUT2D eigenvalue weighted by Gasteiger charge is -2.32. The van der Waals surface area contributed by atoms with E-state index in [9.17, 15) is 4.79 Å². The zero-order valence-electron chi connectivity index (χ0n) is 19.6. The number of aromatic nitrogens is 8. The second-order valence-electron chi connectivity index (χ2n) is 9.29. The Morgan fingerprint density at radius 1 is 1.15 bits per heavy atom. The van der Waals surface area contributed by atoms with E-state index in [1.54, 1.807) is 21.9 Å². The molecule has 4 aromatic heterocycles. The van der Waals surface area contributed by atoms with Crippen LogP contribution in [0.2, 0.25) is 0 Å². The van der Waals surface area contributed by atoms with Crippen LogP contribution in [0.4, 0.5) is 0 Å². The van der Waals surface area contributed by atoms with Gasteiger partial charge in [-0.25, -0.2) is 19.3 Å². The maximum Gasteiger partial charge on any atom is 0.326 e. The zero-order valence-corrected chi connectivity index (χ0v) is 19.6. The average molecular weight is 458 g/mol. The van der Waals surface area contributed by atoms with Crippen LogP contribution in [-0.2, 0) is 13.6 Å². The van der Waals surface area contributed by atoms with Crippen LogP contribution >= 0.6 is 0 Å². The van der Waals surface area contributed by atoms with Crippen LogP contribution in [0.3, 0.4) is 0 Å². The second kappa shape index (κ2) is 7.91. The van der Waals surface area contributed by atoms with Crippen LogP contribution in [-0.4, -0.2) is 56.9 Å². The molecule has 6 rings (SSSR count). The summed E-state index contributed by atoms with van der Waals surface area (Å²) in [6.45, 7) is 6.61. The standard InChI is InChI=1S/C24H27N9O/c1-15-8-21-20(9-19(15)17-7-16(2)23-25-13-27-32(23)10-17)28-24(34)33(21)18-5-4-6-31(11-18)12-22-26-14-30(3)29-22/h7-10,13-14,18H,4-6,11-12H2,1-3H3,(H,28,34). The number of hydrogen-bond acceptors (Lipinski definition) is 6. The van der Waals surface area contributed by atoms with Crippen molar-refractivity contribution in [2.75, 3.05) is 13.1 Å². The predicted molar refractivity (Wildman–Crippen MR) is 129 cm³/mol. The van der Waals surface area contributed by atoms with Gasteiger partial charge in [0, 0.05) is 25.4 Å². The molecule has 1 aliphatic heterocycles. The first-order valence-corrected chi connectivity index (χ1v) is 11.6. The number of hydrogen-bond donors (Lipinski definition) is 1. The van der Waals surface area contributed by atoms with E-state index in [1.165, 1.54) is 0 Å². The van der Waals surface area contributed by atoms with Crippen molar-refractivity contribution < 1.29 is 0 Å². The van der Waals surface area contributed by atoms with Crippen molar-refractivity contribution >= 4 is 16.7 Å². The van der Waals surface area contributed by atoms with Crippen LogP contribution in [0.1, 0.15) is 35.8 Å². The Bertz CT molecular complexity index is 1570. The molecule has 10 heteroatoms. The summed E-state index contributed by atoms with van der Waals surface area (Å²) in [5.74, 6) is 0.814. The molecule has 1 atom stereocenters. The molecular weight excluding hydrogens is 430 g/mol. The minimum absolute atomic E-state index is 0.0581. The fraction of sp³-hybridized carbons (Fsp3) is 0.375. The van der Waals surface area contributed by atoms with Crippen LogP contribution in [0.5, 0.6) is 0 Å². The predicted octanol–water partition coefficient (Wildman–Crippen LogP) is 2.62. The lowest BCUT2D eigenvalue weighted by Crippen LogP contribution is -2.39. The lowest BCUT2D eigenvalue weighted by atomic mass is 9.99. The van der Waals surface area contributed by atoms with Crippen LogP contribution in [0.15, 0.2) is 41.8 Å². The van der Waals surface area contributed by atoms with Crippen molar-refractivity contribution in [3.8, 4) is 11.1 Å². The molecule has 1 fully saturated rings. The van der Waals surface area contributed by atoms with Gasteiger partial charge in [-0.1, -0.05) is 0 Å². The zero-order chi connectivity index (χ0) is 23.4. The van der Waals surface area contributed by atoms with Crippen molar-refractivity contribution in [3.63, 3.8) is 0 Å². The fourth-order valence-corrected chi connectivity index (χ4v) is 5.23. The van der Waals surface area contributed by atoms with Gasteiger partial charge in [-0.2, -0.15) is 10.2 Å². The number of imidazole rings is 1. The van der Waals surface area contributed by atoms with E-state index < -0.39 is 0 Å². The number of benzene rings is 1. The number of pyridine rings is 1. The topological polar surface area (TPSA) is 102 Å². The second-order valence-corrected chi connectivity index (χ2v) is 9.29. The summed E-state index contributed by atoms with van der Waals surface area (Å²) in [5, 5.41) is 8.72. The highest BCUT2D eigenvalue weighted by Gasteiger charge is 2.25. The number of aryl methyl sites for hydroxylation is 3. The molecule has 1 unspecified atom stereocenters. The molecule has 5 heterocycles. The maximum absolute atomic E-state index is 13.1. The maximum atomic E-state index is 13.1. The van der Waals surface area contributed by atoms with E-state index >= 15 is 0 Å². The van der Waals surface area contributed by atoms with E-state index in [2.05, 4.69) is 55.2 Å². The largest absolute Gasteiger partial charge is 0.326 e. The smallest absolute Gasteiger partial charge is 0.306 e. The molecule has 10 nitrogen and oxygen atoms in total. The van der Waals surface area contributed by atoms with Gasteiger partial charge in [0.15, 0.2) is 11.5 Å². The molecule has 34 heavy (non-hydrogen) atoms. The Hall–Kier alpha value is -3.79. The summed E-state index contributed by atoms with van der Waals surface area (Å²) in [4.78, 5) is 27.2. The SMILES string of the molecule is Cc1cc2c(cc1-c1cc(C)c3ncnn3c1)[nH]c(=O)n2C1CCCN(Cc2ncn(C)n2)C1. The number of piperidine rings is 1. The highest BCUT2D eigenvalue weighted by Crippen LogP contribution is 2.31. The molecule has 0 amide bonds. The van der Waals surface area contributed by atoms with Gasteiger partial charge in [-0.3, -0.25) is 14.1 Å². The monoisotopic (exact) mass is 457 g/mol. The first kappa shape index (κ1) is 20.8.